The molecule has 0 fully saturated rings. The number of aromatic hydroxyl groups is 1. The number of esters is 1. The van der Waals surface area contributed by atoms with E-state index in [2.05, 4.69) is 0 Å². The Hall–Kier alpha value is -3.32. The Bertz CT molecular complexity index is 735. The van der Waals surface area contributed by atoms with Gasteiger partial charge in [-0.05, 0) is 42.0 Å². The van der Waals surface area contributed by atoms with E-state index in [0.29, 0.717) is 11.3 Å². The molecule has 2 aromatic rings. The first-order valence-electron chi connectivity index (χ1n) is 6.53. The average molecular weight is 291 g/mol. The number of nitrogens with zero attached hydrogens (tertiary/aromatic N) is 1. The second-order valence-corrected chi connectivity index (χ2v) is 4.37. The zero-order chi connectivity index (χ0) is 15.8. The van der Waals surface area contributed by atoms with Gasteiger partial charge in [-0.1, -0.05) is 30.4 Å². The van der Waals surface area contributed by atoms with Crippen molar-refractivity contribution in [3.05, 3.63) is 77.9 Å². The molecule has 22 heavy (non-hydrogen) atoms. The summed E-state index contributed by atoms with van der Waals surface area (Å²) in [5.74, 6) is 0.0925. The maximum Gasteiger partial charge on any atom is 0.336 e. The van der Waals surface area contributed by atoms with E-state index in [1.807, 2.05) is 6.07 Å². The third kappa shape index (κ3) is 4.66. The fraction of sp³-hybridized carbons (Fsp3) is 0. The number of phenolic OH excluding ortho intramolecular Hbond substituents is 1. The standard InChI is InChI=1S/C18H13NO3/c19-13-15-7-11-17(12-8-15)22-18(21)4-2-1-3-14-5-9-16(20)10-6-14/h1-12,20H/b3-1+,4-2+. The predicted octanol–water partition coefficient (Wildman–Crippen LogP) is 3.44. The highest BCUT2D eigenvalue weighted by molar-refractivity contribution is 5.84. The number of hydrogen-bond acceptors (Lipinski definition) is 4. The minimum Gasteiger partial charge on any atom is -0.508 e. The maximum absolute atomic E-state index is 11.6. The van der Waals surface area contributed by atoms with Gasteiger partial charge >= 0.3 is 5.97 Å². The molecule has 0 bridgehead atoms. The van der Waals surface area contributed by atoms with Gasteiger partial charge in [0.05, 0.1) is 11.6 Å². The van der Waals surface area contributed by atoms with E-state index >= 15 is 0 Å². The van der Waals surface area contributed by atoms with Gasteiger partial charge in [0, 0.05) is 6.08 Å². The summed E-state index contributed by atoms with van der Waals surface area (Å²) in [5.41, 5.74) is 1.41. The largest absolute Gasteiger partial charge is 0.508 e. The van der Waals surface area contributed by atoms with Crippen LogP contribution in [0.25, 0.3) is 6.08 Å². The van der Waals surface area contributed by atoms with Crippen molar-refractivity contribution in [2.45, 2.75) is 0 Å². The Morgan fingerprint density at radius 2 is 1.73 bits per heavy atom. The molecule has 0 spiro atoms. The van der Waals surface area contributed by atoms with Crippen LogP contribution in [0.2, 0.25) is 0 Å². The number of benzene rings is 2. The smallest absolute Gasteiger partial charge is 0.336 e. The Morgan fingerprint density at radius 1 is 1.05 bits per heavy atom. The summed E-state index contributed by atoms with van der Waals surface area (Å²) in [5, 5.41) is 17.8. The summed E-state index contributed by atoms with van der Waals surface area (Å²) in [6.07, 6.45) is 6.37. The lowest BCUT2D eigenvalue weighted by molar-refractivity contribution is -0.128. The summed E-state index contributed by atoms with van der Waals surface area (Å²) in [4.78, 5) is 11.6. The minimum absolute atomic E-state index is 0.207. The first-order chi connectivity index (χ1) is 10.7. The van der Waals surface area contributed by atoms with Crippen molar-refractivity contribution in [2.75, 3.05) is 0 Å². The van der Waals surface area contributed by atoms with Crippen molar-refractivity contribution in [1.29, 1.82) is 5.26 Å². The second-order valence-electron chi connectivity index (χ2n) is 4.37. The molecule has 108 valence electrons. The molecule has 0 aromatic heterocycles. The molecule has 0 aliphatic rings. The third-order valence-corrected chi connectivity index (χ3v) is 2.73. The number of nitriles is 1. The molecule has 0 radical (unpaired) electrons. The first kappa shape index (κ1) is 15.1. The molecule has 0 saturated heterocycles. The quantitative estimate of drug-likeness (QED) is 0.405. The number of carbonyl (C=O) groups is 1. The van der Waals surface area contributed by atoms with Gasteiger partial charge < -0.3 is 9.84 Å². The van der Waals surface area contributed by atoms with Crippen molar-refractivity contribution in [3.8, 4) is 17.6 Å². The van der Waals surface area contributed by atoms with Gasteiger partial charge in [-0.15, -0.1) is 0 Å². The van der Waals surface area contributed by atoms with Gasteiger partial charge in [0.1, 0.15) is 11.5 Å². The van der Waals surface area contributed by atoms with Gasteiger partial charge in [0.2, 0.25) is 0 Å². The van der Waals surface area contributed by atoms with Crippen LogP contribution in [0.4, 0.5) is 0 Å². The number of allylic oxidation sites excluding steroid dienone is 2. The summed E-state index contributed by atoms with van der Waals surface area (Å²) < 4.78 is 5.08. The van der Waals surface area contributed by atoms with Crippen LogP contribution in [0.15, 0.2) is 66.8 Å². The number of hydrogen-bond donors (Lipinski definition) is 1. The number of rotatable bonds is 4. The van der Waals surface area contributed by atoms with Crippen LogP contribution >= 0.6 is 0 Å². The van der Waals surface area contributed by atoms with E-state index in [1.165, 1.54) is 6.08 Å². The molecule has 0 aliphatic heterocycles. The van der Waals surface area contributed by atoms with E-state index in [-0.39, 0.29) is 5.75 Å². The van der Waals surface area contributed by atoms with Crippen LogP contribution in [0, 0.1) is 11.3 Å². The van der Waals surface area contributed by atoms with Crippen LogP contribution in [-0.4, -0.2) is 11.1 Å². The molecule has 2 rings (SSSR count). The Kier molecular flexibility index (Phi) is 5.11. The van der Waals surface area contributed by atoms with Crippen LogP contribution < -0.4 is 4.74 Å². The first-order valence-corrected chi connectivity index (χ1v) is 6.53. The van der Waals surface area contributed by atoms with Gasteiger partial charge in [0.25, 0.3) is 0 Å². The normalized spacial score (nSPS) is 10.7. The third-order valence-electron chi connectivity index (χ3n) is 2.73. The van der Waals surface area contributed by atoms with E-state index in [4.69, 9.17) is 15.1 Å². The van der Waals surface area contributed by atoms with Crippen molar-refractivity contribution < 1.29 is 14.6 Å². The monoisotopic (exact) mass is 291 g/mol. The molecule has 0 aliphatic carbocycles. The molecule has 2 aromatic carbocycles. The lowest BCUT2D eigenvalue weighted by atomic mass is 10.2. The number of ether oxygens (including phenoxy) is 1. The fourth-order valence-corrected chi connectivity index (χ4v) is 1.63. The van der Waals surface area contributed by atoms with E-state index in [9.17, 15) is 4.79 Å². The Labute approximate surface area is 128 Å². The van der Waals surface area contributed by atoms with Gasteiger partial charge in [-0.2, -0.15) is 5.26 Å². The van der Waals surface area contributed by atoms with Crippen LogP contribution in [0.1, 0.15) is 11.1 Å². The topological polar surface area (TPSA) is 70.3 Å². The van der Waals surface area contributed by atoms with Crippen molar-refractivity contribution in [3.63, 3.8) is 0 Å². The zero-order valence-electron chi connectivity index (χ0n) is 11.6. The van der Waals surface area contributed by atoms with Gasteiger partial charge in [-0.3, -0.25) is 0 Å². The molecule has 0 heterocycles. The number of carbonyl (C=O) groups excluding carboxylic acids is 1. The predicted molar refractivity (Wildman–Crippen MR) is 83.1 cm³/mol. The summed E-state index contributed by atoms with van der Waals surface area (Å²) >= 11 is 0. The minimum atomic E-state index is -0.500. The van der Waals surface area contributed by atoms with Crippen LogP contribution in [0.3, 0.4) is 0 Å². The SMILES string of the molecule is N#Cc1ccc(OC(=O)/C=C/C=C/c2ccc(O)cc2)cc1. The molecule has 4 nitrogen and oxygen atoms in total. The van der Waals surface area contributed by atoms with Crippen molar-refractivity contribution in [2.24, 2.45) is 0 Å². The summed E-state index contributed by atoms with van der Waals surface area (Å²) in [6, 6.07) is 15.0. The molecule has 0 unspecified atom stereocenters. The fourth-order valence-electron chi connectivity index (χ4n) is 1.63. The summed E-state index contributed by atoms with van der Waals surface area (Å²) in [6.45, 7) is 0. The van der Waals surface area contributed by atoms with Crippen molar-refractivity contribution in [1.82, 2.24) is 0 Å². The van der Waals surface area contributed by atoms with E-state index in [0.717, 1.165) is 5.56 Å². The average Bonchev–Trinajstić information content (AvgIpc) is 2.54. The van der Waals surface area contributed by atoms with E-state index in [1.54, 1.807) is 66.8 Å². The van der Waals surface area contributed by atoms with Crippen LogP contribution in [-0.2, 0) is 4.79 Å². The molecule has 0 amide bonds. The lowest BCUT2D eigenvalue weighted by Gasteiger charge is -2.00. The molecule has 1 N–H and O–H groups in total. The second kappa shape index (κ2) is 7.46. The molecular formula is C18H13NO3. The van der Waals surface area contributed by atoms with Crippen LogP contribution in [0.5, 0.6) is 11.5 Å². The van der Waals surface area contributed by atoms with Crippen molar-refractivity contribution >= 4 is 12.0 Å². The highest BCUT2D eigenvalue weighted by atomic mass is 16.5. The highest BCUT2D eigenvalue weighted by Gasteiger charge is 1.99. The molecule has 4 heteroatoms. The molecule has 0 atom stereocenters. The molecule has 0 saturated carbocycles. The van der Waals surface area contributed by atoms with E-state index < -0.39 is 5.97 Å². The highest BCUT2D eigenvalue weighted by Crippen LogP contribution is 2.12. The zero-order valence-corrected chi connectivity index (χ0v) is 11.6. The Balaban J connectivity index is 1.88. The van der Waals surface area contributed by atoms with Gasteiger partial charge in [0.15, 0.2) is 0 Å². The lowest BCUT2D eigenvalue weighted by Crippen LogP contribution is -2.03. The maximum atomic E-state index is 11.6. The number of phenols is 1. The summed E-state index contributed by atoms with van der Waals surface area (Å²) in [7, 11) is 0. The van der Waals surface area contributed by atoms with Gasteiger partial charge in [-0.25, -0.2) is 4.79 Å². The molecular weight excluding hydrogens is 278 g/mol. The Morgan fingerprint density at radius 3 is 2.36 bits per heavy atom.